The first-order valence-electron chi connectivity index (χ1n) is 16.2. The highest BCUT2D eigenvalue weighted by atomic mass is 19.1. The number of piperidine rings is 2. The van der Waals surface area contributed by atoms with Crippen LogP contribution in [0, 0.1) is 5.82 Å². The fourth-order valence-electron chi connectivity index (χ4n) is 6.67. The van der Waals surface area contributed by atoms with E-state index in [1.807, 2.05) is 49.9 Å². The van der Waals surface area contributed by atoms with Crippen LogP contribution in [0.5, 0.6) is 11.6 Å². The van der Waals surface area contributed by atoms with Gasteiger partial charge in [-0.3, -0.25) is 4.79 Å². The van der Waals surface area contributed by atoms with E-state index in [0.717, 1.165) is 48.8 Å². The average molecular weight is 641 g/mol. The molecule has 4 aromatic rings. The summed E-state index contributed by atoms with van der Waals surface area (Å²) >= 11 is 0. The highest BCUT2D eigenvalue weighted by molar-refractivity contribution is 6.10. The summed E-state index contributed by atoms with van der Waals surface area (Å²) in [6.45, 7) is 8.69. The molecular weight excluding hydrogens is 599 g/mol. The zero-order chi connectivity index (χ0) is 33.1. The molecule has 0 spiro atoms. The molecule has 3 heterocycles. The molecule has 2 fully saturated rings. The summed E-state index contributed by atoms with van der Waals surface area (Å²) in [7, 11) is 0. The Bertz CT molecular complexity index is 1760. The summed E-state index contributed by atoms with van der Waals surface area (Å²) in [6, 6.07) is 17.3. The number of hydrogen-bond donors (Lipinski definition) is 2. The Morgan fingerprint density at radius 1 is 0.936 bits per heavy atom. The maximum atomic E-state index is 14.6. The number of hydrogen-bond acceptors (Lipinski definition) is 7. The number of aromatic nitrogens is 2. The first kappa shape index (κ1) is 32.0. The fraction of sp³-hybridized carbons (Fsp3) is 0.389. The minimum absolute atomic E-state index is 0.0776. The van der Waals surface area contributed by atoms with Crippen LogP contribution in [0.25, 0.3) is 10.8 Å². The van der Waals surface area contributed by atoms with E-state index in [-0.39, 0.29) is 17.5 Å². The molecule has 0 saturated carbocycles. The lowest BCUT2D eigenvalue weighted by Gasteiger charge is -2.43. The zero-order valence-electron chi connectivity index (χ0n) is 27.1. The van der Waals surface area contributed by atoms with Crippen molar-refractivity contribution in [3.63, 3.8) is 0 Å². The Kier molecular flexibility index (Phi) is 9.15. The number of fused-ring (bicyclic) bond motifs is 1. The first-order valence-corrected chi connectivity index (χ1v) is 16.2. The molecule has 0 radical (unpaired) electrons. The molecule has 0 unspecified atom stereocenters. The van der Waals surface area contributed by atoms with Crippen LogP contribution in [0.4, 0.5) is 26.5 Å². The molecule has 47 heavy (non-hydrogen) atoms. The van der Waals surface area contributed by atoms with E-state index in [1.54, 1.807) is 35.4 Å². The Balaban J connectivity index is 1.17. The van der Waals surface area contributed by atoms with Gasteiger partial charge in [-0.1, -0.05) is 24.3 Å². The lowest BCUT2D eigenvalue weighted by atomic mass is 9.97. The molecule has 10 nitrogen and oxygen atoms in total. The maximum Gasteiger partial charge on any atom is 0.407 e. The van der Waals surface area contributed by atoms with E-state index in [0.29, 0.717) is 49.2 Å². The van der Waals surface area contributed by atoms with Crippen molar-refractivity contribution in [3.8, 4) is 11.6 Å². The highest BCUT2D eigenvalue weighted by Crippen LogP contribution is 2.35. The normalized spacial score (nSPS) is 15.8. The van der Waals surface area contributed by atoms with Crippen LogP contribution < -0.4 is 19.9 Å². The molecule has 1 aromatic heterocycles. The predicted octanol–water partition coefficient (Wildman–Crippen LogP) is 7.55. The van der Waals surface area contributed by atoms with Crippen molar-refractivity contribution in [2.24, 2.45) is 0 Å². The molecule has 2 aliphatic heterocycles. The van der Waals surface area contributed by atoms with Crippen LogP contribution in [-0.2, 0) is 0 Å². The van der Waals surface area contributed by atoms with Gasteiger partial charge in [0.05, 0.1) is 0 Å². The van der Waals surface area contributed by atoms with Crippen LogP contribution in [-0.4, -0.2) is 69.7 Å². The van der Waals surface area contributed by atoms with Gasteiger partial charge in [-0.2, -0.15) is 4.98 Å². The summed E-state index contributed by atoms with van der Waals surface area (Å²) in [6.07, 6.45) is 5.36. The Hall–Kier alpha value is -4.93. The molecule has 2 saturated heterocycles. The van der Waals surface area contributed by atoms with Gasteiger partial charge in [0.25, 0.3) is 5.91 Å². The number of halogens is 1. The van der Waals surface area contributed by atoms with E-state index in [9.17, 15) is 19.1 Å². The van der Waals surface area contributed by atoms with Crippen LogP contribution in [0.15, 0.2) is 66.9 Å². The minimum atomic E-state index is -0.906. The van der Waals surface area contributed by atoms with Gasteiger partial charge < -0.3 is 29.9 Å². The van der Waals surface area contributed by atoms with Crippen LogP contribution in [0.1, 0.15) is 63.2 Å². The number of ether oxygens (including phenoxy) is 1. The Labute approximate surface area is 274 Å². The van der Waals surface area contributed by atoms with Crippen molar-refractivity contribution in [2.45, 2.75) is 64.5 Å². The third-order valence-corrected chi connectivity index (χ3v) is 8.87. The van der Waals surface area contributed by atoms with Crippen molar-refractivity contribution >= 4 is 40.1 Å². The van der Waals surface area contributed by atoms with E-state index < -0.39 is 17.4 Å². The molecule has 2 N–H and O–H groups in total. The second kappa shape index (κ2) is 13.4. The van der Waals surface area contributed by atoms with Gasteiger partial charge in [0.2, 0.25) is 11.8 Å². The first-order chi connectivity index (χ1) is 22.6. The zero-order valence-corrected chi connectivity index (χ0v) is 27.1. The van der Waals surface area contributed by atoms with Crippen molar-refractivity contribution in [1.29, 1.82) is 0 Å². The predicted molar refractivity (Wildman–Crippen MR) is 181 cm³/mol. The van der Waals surface area contributed by atoms with E-state index in [2.05, 4.69) is 20.2 Å². The highest BCUT2D eigenvalue weighted by Gasteiger charge is 2.35. The van der Waals surface area contributed by atoms with Gasteiger partial charge >= 0.3 is 6.09 Å². The molecular formula is C36H41FN6O4. The summed E-state index contributed by atoms with van der Waals surface area (Å²) in [5, 5.41) is 14.3. The van der Waals surface area contributed by atoms with Crippen LogP contribution >= 0.6 is 0 Å². The monoisotopic (exact) mass is 640 g/mol. The minimum Gasteiger partial charge on any atom is -0.465 e. The molecule has 0 bridgehead atoms. The molecule has 3 aromatic carbocycles. The van der Waals surface area contributed by atoms with Crippen molar-refractivity contribution in [1.82, 2.24) is 14.9 Å². The van der Waals surface area contributed by atoms with Crippen molar-refractivity contribution in [3.05, 3.63) is 78.2 Å². The summed E-state index contributed by atoms with van der Waals surface area (Å²) in [5.41, 5.74) is 1.09. The van der Waals surface area contributed by atoms with Gasteiger partial charge in [-0.15, -0.1) is 0 Å². The lowest BCUT2D eigenvalue weighted by Crippen LogP contribution is -2.54. The van der Waals surface area contributed by atoms with Crippen LogP contribution in [0.3, 0.4) is 0 Å². The number of carbonyl (C=O) groups is 2. The number of rotatable bonds is 7. The second-order valence-corrected chi connectivity index (χ2v) is 13.2. The molecule has 0 atom stereocenters. The lowest BCUT2D eigenvalue weighted by molar-refractivity contribution is 0.0615. The number of benzene rings is 3. The van der Waals surface area contributed by atoms with Gasteiger partial charge in [0.15, 0.2) is 0 Å². The Morgan fingerprint density at radius 3 is 2.36 bits per heavy atom. The summed E-state index contributed by atoms with van der Waals surface area (Å²) < 4.78 is 20.9. The fourth-order valence-corrected chi connectivity index (χ4v) is 6.67. The second-order valence-electron chi connectivity index (χ2n) is 13.2. The number of nitrogens with one attached hydrogen (secondary N) is 1. The SMILES string of the molecule is CC(C)(C)N(C(=O)O)C1CCN(c2nccc(Oc3ccc(NC(=O)c4cc(F)cc(N5CCCCC5)c4)c4ccccc34)n2)CC1. The summed E-state index contributed by atoms with van der Waals surface area (Å²) in [5.74, 6) is 0.617. The number of amides is 2. The van der Waals surface area contributed by atoms with E-state index in [4.69, 9.17) is 4.74 Å². The molecule has 0 aliphatic carbocycles. The quantitative estimate of drug-likeness (QED) is 0.213. The van der Waals surface area contributed by atoms with Crippen LogP contribution in [0.2, 0.25) is 0 Å². The third-order valence-electron chi connectivity index (χ3n) is 8.87. The molecule has 2 amide bonds. The van der Waals surface area contributed by atoms with Gasteiger partial charge in [-0.25, -0.2) is 14.2 Å². The van der Waals surface area contributed by atoms with E-state index in [1.165, 1.54) is 12.1 Å². The number of anilines is 3. The topological polar surface area (TPSA) is 111 Å². The largest absolute Gasteiger partial charge is 0.465 e. The van der Waals surface area contributed by atoms with Gasteiger partial charge in [0, 0.05) is 77.7 Å². The summed E-state index contributed by atoms with van der Waals surface area (Å²) in [4.78, 5) is 40.2. The number of carbonyl (C=O) groups excluding carboxylic acids is 1. The van der Waals surface area contributed by atoms with Crippen molar-refractivity contribution in [2.75, 3.05) is 41.3 Å². The molecule has 246 valence electrons. The van der Waals surface area contributed by atoms with Gasteiger partial charge in [-0.05, 0) is 83.2 Å². The maximum absolute atomic E-state index is 14.6. The van der Waals surface area contributed by atoms with E-state index >= 15 is 0 Å². The molecule has 2 aliphatic rings. The van der Waals surface area contributed by atoms with Crippen molar-refractivity contribution < 1.29 is 23.8 Å². The third kappa shape index (κ3) is 7.24. The number of carboxylic acid groups (broad SMARTS) is 1. The average Bonchev–Trinajstić information content (AvgIpc) is 3.05. The number of nitrogens with zero attached hydrogens (tertiary/aromatic N) is 5. The molecule has 11 heteroatoms. The standard InChI is InChI=1S/C36H41FN6O4/c1-36(2,3)43(35(45)46)26-14-19-42(20-15-26)34-38-16-13-32(40-34)47-31-12-11-30(28-9-5-6-10-29(28)31)39-33(44)24-21-25(37)23-27(22-24)41-17-7-4-8-18-41/h5-6,9-13,16,21-23,26H,4,7-8,14-15,17-20H2,1-3H3,(H,39,44)(H,45,46). The Morgan fingerprint density at radius 2 is 1.66 bits per heavy atom. The smallest absolute Gasteiger partial charge is 0.407 e. The van der Waals surface area contributed by atoms with Gasteiger partial charge in [0.1, 0.15) is 11.6 Å². The molecule has 6 rings (SSSR count).